The van der Waals surface area contributed by atoms with Crippen LogP contribution in [0, 0.1) is 0 Å². The first kappa shape index (κ1) is 23.0. The Morgan fingerprint density at radius 1 is 1.03 bits per heavy atom. The number of hydrogen-bond acceptors (Lipinski definition) is 6. The average Bonchev–Trinajstić information content (AvgIpc) is 2.76. The fourth-order valence-electron chi connectivity index (χ4n) is 3.36. The summed E-state index contributed by atoms with van der Waals surface area (Å²) < 4.78 is 22.0. The van der Waals surface area contributed by atoms with Crippen LogP contribution in [0.25, 0.3) is 0 Å². The van der Waals surface area contributed by atoms with E-state index >= 15 is 0 Å². The quantitative estimate of drug-likeness (QED) is 0.606. The molecule has 8 nitrogen and oxygen atoms in total. The molecule has 2 aromatic rings. The van der Waals surface area contributed by atoms with Crippen LogP contribution in [0.3, 0.4) is 0 Å². The van der Waals surface area contributed by atoms with Crippen molar-refractivity contribution >= 4 is 12.0 Å². The first-order chi connectivity index (χ1) is 15.3. The average molecular weight is 440 g/mol. The molecule has 0 fully saturated rings. The van der Waals surface area contributed by atoms with Crippen molar-refractivity contribution in [3.63, 3.8) is 0 Å². The fraction of sp³-hybridized carbons (Fsp3) is 0.333. The molecule has 0 aliphatic carbocycles. The van der Waals surface area contributed by atoms with Crippen molar-refractivity contribution in [2.24, 2.45) is 0 Å². The molecule has 3 rings (SSSR count). The van der Waals surface area contributed by atoms with Gasteiger partial charge in [-0.2, -0.15) is 0 Å². The number of amides is 2. The Bertz CT molecular complexity index is 1010. The molecule has 2 aromatic carbocycles. The van der Waals surface area contributed by atoms with E-state index in [9.17, 15) is 9.59 Å². The number of benzene rings is 2. The molecule has 0 saturated carbocycles. The maximum Gasteiger partial charge on any atom is 0.338 e. The summed E-state index contributed by atoms with van der Waals surface area (Å²) >= 11 is 0. The van der Waals surface area contributed by atoms with E-state index in [0.717, 1.165) is 11.3 Å². The minimum absolute atomic E-state index is 0.288. The maximum atomic E-state index is 12.7. The number of urea groups is 1. The summed E-state index contributed by atoms with van der Waals surface area (Å²) in [6.45, 7) is 5.56. The van der Waals surface area contributed by atoms with Gasteiger partial charge in [-0.1, -0.05) is 18.2 Å². The zero-order chi connectivity index (χ0) is 23.3. The highest BCUT2D eigenvalue weighted by atomic mass is 16.5. The van der Waals surface area contributed by atoms with Gasteiger partial charge in [-0.15, -0.1) is 0 Å². The molecule has 1 atom stereocenters. The van der Waals surface area contributed by atoms with Gasteiger partial charge in [0.05, 0.1) is 31.9 Å². The second-order valence-electron chi connectivity index (χ2n) is 7.57. The predicted molar refractivity (Wildman–Crippen MR) is 119 cm³/mol. The lowest BCUT2D eigenvalue weighted by molar-refractivity contribution is -0.143. The number of carbonyl (C=O) groups is 2. The molecule has 0 radical (unpaired) electrons. The summed E-state index contributed by atoms with van der Waals surface area (Å²) in [5.74, 6) is 1.31. The molecular formula is C24H28N2O6. The Hall–Kier alpha value is -3.68. The second kappa shape index (κ2) is 10.1. The SMILES string of the molecule is COc1ccc(COc2ccc(C3NC(=O)NC(C)=C3C(=O)OC(C)C)cc2OC)cc1. The van der Waals surface area contributed by atoms with E-state index in [1.807, 2.05) is 24.3 Å². The number of allylic oxidation sites excluding steroid dienone is 1. The van der Waals surface area contributed by atoms with E-state index in [0.29, 0.717) is 34.9 Å². The molecule has 32 heavy (non-hydrogen) atoms. The molecule has 1 aliphatic rings. The third-order valence-electron chi connectivity index (χ3n) is 4.91. The van der Waals surface area contributed by atoms with Gasteiger partial charge < -0.3 is 29.6 Å². The third kappa shape index (κ3) is 5.32. The lowest BCUT2D eigenvalue weighted by Crippen LogP contribution is -2.45. The van der Waals surface area contributed by atoms with Gasteiger partial charge in [0.25, 0.3) is 0 Å². The van der Waals surface area contributed by atoms with Crippen molar-refractivity contribution in [3.05, 3.63) is 64.9 Å². The van der Waals surface area contributed by atoms with Crippen molar-refractivity contribution in [1.82, 2.24) is 10.6 Å². The van der Waals surface area contributed by atoms with E-state index in [1.54, 1.807) is 46.1 Å². The van der Waals surface area contributed by atoms with Crippen molar-refractivity contribution in [2.75, 3.05) is 14.2 Å². The number of nitrogens with one attached hydrogen (secondary N) is 2. The highest BCUT2D eigenvalue weighted by Gasteiger charge is 2.33. The Kier molecular flexibility index (Phi) is 7.25. The minimum Gasteiger partial charge on any atom is -0.497 e. The second-order valence-corrected chi connectivity index (χ2v) is 7.57. The van der Waals surface area contributed by atoms with Crippen LogP contribution in [0.1, 0.15) is 37.9 Å². The first-order valence-electron chi connectivity index (χ1n) is 10.2. The lowest BCUT2D eigenvalue weighted by Gasteiger charge is -2.29. The van der Waals surface area contributed by atoms with E-state index < -0.39 is 18.0 Å². The van der Waals surface area contributed by atoms with E-state index in [4.69, 9.17) is 18.9 Å². The van der Waals surface area contributed by atoms with Crippen molar-refractivity contribution in [1.29, 1.82) is 0 Å². The molecule has 2 N–H and O–H groups in total. The summed E-state index contributed by atoms with van der Waals surface area (Å²) in [7, 11) is 3.16. The summed E-state index contributed by atoms with van der Waals surface area (Å²) in [5, 5.41) is 5.42. The van der Waals surface area contributed by atoms with E-state index in [1.165, 1.54) is 7.11 Å². The van der Waals surface area contributed by atoms with Crippen LogP contribution in [0.2, 0.25) is 0 Å². The highest BCUT2D eigenvalue weighted by molar-refractivity contribution is 5.95. The number of methoxy groups -OCH3 is 2. The normalized spacial score (nSPS) is 15.7. The molecule has 8 heteroatoms. The van der Waals surface area contributed by atoms with Crippen LogP contribution >= 0.6 is 0 Å². The molecule has 0 spiro atoms. The summed E-state index contributed by atoms with van der Waals surface area (Å²) in [5.41, 5.74) is 2.43. The van der Waals surface area contributed by atoms with Crippen LogP contribution in [0.15, 0.2) is 53.7 Å². The molecule has 0 aromatic heterocycles. The van der Waals surface area contributed by atoms with Crippen molar-refractivity contribution in [2.45, 2.75) is 39.5 Å². The fourth-order valence-corrected chi connectivity index (χ4v) is 3.36. The standard InChI is InChI=1S/C24H28N2O6/c1-14(2)32-23(27)21-15(3)25-24(28)26-22(21)17-8-11-19(20(12-17)30-5)31-13-16-6-9-18(29-4)10-7-16/h6-12,14,22H,13H2,1-5H3,(H2,25,26,28). The van der Waals surface area contributed by atoms with Gasteiger partial charge in [0, 0.05) is 5.70 Å². The van der Waals surface area contributed by atoms with Crippen molar-refractivity contribution < 1.29 is 28.5 Å². The number of ether oxygens (including phenoxy) is 4. The molecular weight excluding hydrogens is 412 g/mol. The van der Waals surface area contributed by atoms with Crippen molar-refractivity contribution in [3.8, 4) is 17.2 Å². The molecule has 1 aliphatic heterocycles. The van der Waals surface area contributed by atoms with Gasteiger partial charge >= 0.3 is 12.0 Å². The molecule has 170 valence electrons. The predicted octanol–water partition coefficient (Wildman–Crippen LogP) is 3.86. The molecule has 1 heterocycles. The Morgan fingerprint density at radius 3 is 2.38 bits per heavy atom. The molecule has 0 bridgehead atoms. The van der Waals surface area contributed by atoms with Gasteiger partial charge in [0.2, 0.25) is 0 Å². The van der Waals surface area contributed by atoms with Gasteiger partial charge in [-0.3, -0.25) is 0 Å². The largest absolute Gasteiger partial charge is 0.497 e. The van der Waals surface area contributed by atoms with E-state index in [-0.39, 0.29) is 6.10 Å². The first-order valence-corrected chi connectivity index (χ1v) is 10.2. The Balaban J connectivity index is 1.84. The van der Waals surface area contributed by atoms with Gasteiger partial charge in [0.1, 0.15) is 12.4 Å². The van der Waals surface area contributed by atoms with Gasteiger partial charge in [0.15, 0.2) is 11.5 Å². The number of hydrogen-bond donors (Lipinski definition) is 2. The van der Waals surface area contributed by atoms with Gasteiger partial charge in [-0.25, -0.2) is 9.59 Å². The summed E-state index contributed by atoms with van der Waals surface area (Å²) in [4.78, 5) is 24.8. The zero-order valence-corrected chi connectivity index (χ0v) is 18.9. The third-order valence-corrected chi connectivity index (χ3v) is 4.91. The van der Waals surface area contributed by atoms with Crippen LogP contribution in [0.5, 0.6) is 17.2 Å². The minimum atomic E-state index is -0.681. The smallest absolute Gasteiger partial charge is 0.338 e. The monoisotopic (exact) mass is 440 g/mol. The number of rotatable bonds is 8. The summed E-state index contributed by atoms with van der Waals surface area (Å²) in [6, 6.07) is 11.8. The highest BCUT2D eigenvalue weighted by Crippen LogP contribution is 2.35. The number of esters is 1. The van der Waals surface area contributed by atoms with Crippen LogP contribution < -0.4 is 24.8 Å². The lowest BCUT2D eigenvalue weighted by atomic mass is 9.95. The zero-order valence-electron chi connectivity index (χ0n) is 18.9. The Labute approximate surface area is 187 Å². The van der Waals surface area contributed by atoms with E-state index in [2.05, 4.69) is 10.6 Å². The molecule has 1 unspecified atom stereocenters. The van der Waals surface area contributed by atoms with Gasteiger partial charge in [-0.05, 0) is 56.2 Å². The van der Waals surface area contributed by atoms with Crippen LogP contribution in [-0.2, 0) is 16.1 Å². The number of carbonyl (C=O) groups excluding carboxylic acids is 2. The Morgan fingerprint density at radius 2 is 1.75 bits per heavy atom. The topological polar surface area (TPSA) is 95.1 Å². The maximum absolute atomic E-state index is 12.7. The van der Waals surface area contributed by atoms with Crippen LogP contribution in [0.4, 0.5) is 4.79 Å². The van der Waals surface area contributed by atoms with Crippen LogP contribution in [-0.4, -0.2) is 32.3 Å². The summed E-state index contributed by atoms with van der Waals surface area (Å²) in [6.07, 6.45) is -0.288. The molecule has 2 amide bonds. The molecule has 0 saturated heterocycles.